The van der Waals surface area contributed by atoms with Gasteiger partial charge in [-0.2, -0.15) is 11.8 Å². The minimum atomic E-state index is 0.117. The van der Waals surface area contributed by atoms with E-state index in [0.29, 0.717) is 6.04 Å². The van der Waals surface area contributed by atoms with Crippen LogP contribution in [0.2, 0.25) is 0 Å². The second-order valence-electron chi connectivity index (χ2n) is 6.10. The van der Waals surface area contributed by atoms with Crippen LogP contribution in [0.15, 0.2) is 0 Å². The van der Waals surface area contributed by atoms with Gasteiger partial charge in [0.25, 0.3) is 0 Å². The summed E-state index contributed by atoms with van der Waals surface area (Å²) in [6.45, 7) is 7.72. The molecule has 1 aliphatic carbocycles. The summed E-state index contributed by atoms with van der Waals surface area (Å²) in [7, 11) is 0. The molecular weight excluding hydrogens is 242 g/mol. The molecule has 0 spiro atoms. The molecule has 3 heteroatoms. The van der Waals surface area contributed by atoms with E-state index < -0.39 is 0 Å². The van der Waals surface area contributed by atoms with Crippen molar-refractivity contribution in [2.75, 3.05) is 12.4 Å². The number of rotatable bonds is 5. The van der Waals surface area contributed by atoms with Gasteiger partial charge < -0.3 is 10.1 Å². The highest BCUT2D eigenvalue weighted by molar-refractivity contribution is 7.99. The van der Waals surface area contributed by atoms with E-state index in [-0.39, 0.29) is 5.60 Å². The average molecular weight is 271 g/mol. The highest BCUT2D eigenvalue weighted by atomic mass is 32.2. The zero-order chi connectivity index (χ0) is 13.0. The minimum absolute atomic E-state index is 0.117. The molecule has 2 nitrogen and oxygen atoms in total. The van der Waals surface area contributed by atoms with E-state index in [1.807, 2.05) is 0 Å². The fourth-order valence-electron chi connectivity index (χ4n) is 3.33. The third kappa shape index (κ3) is 3.88. The van der Waals surface area contributed by atoms with Gasteiger partial charge in [0.1, 0.15) is 0 Å². The molecule has 0 radical (unpaired) electrons. The monoisotopic (exact) mass is 271 g/mol. The maximum Gasteiger partial charge on any atom is 0.0666 e. The summed E-state index contributed by atoms with van der Waals surface area (Å²) in [6.07, 6.45) is 7.66. The van der Waals surface area contributed by atoms with E-state index in [2.05, 4.69) is 37.8 Å². The molecule has 0 bridgehead atoms. The van der Waals surface area contributed by atoms with E-state index >= 15 is 0 Å². The van der Waals surface area contributed by atoms with Crippen LogP contribution in [0.3, 0.4) is 0 Å². The van der Waals surface area contributed by atoms with Crippen LogP contribution in [0.4, 0.5) is 0 Å². The molecule has 0 aromatic rings. The summed E-state index contributed by atoms with van der Waals surface area (Å²) in [6, 6.07) is 1.44. The Labute approximate surface area is 117 Å². The lowest BCUT2D eigenvalue weighted by Crippen LogP contribution is -2.47. The second kappa shape index (κ2) is 6.62. The van der Waals surface area contributed by atoms with E-state index in [4.69, 9.17) is 4.74 Å². The fourth-order valence-corrected chi connectivity index (χ4v) is 4.47. The van der Waals surface area contributed by atoms with Crippen molar-refractivity contribution < 1.29 is 4.74 Å². The lowest BCUT2D eigenvalue weighted by Gasteiger charge is -2.39. The Balaban J connectivity index is 1.76. The Morgan fingerprint density at radius 2 is 2.06 bits per heavy atom. The molecule has 0 amide bonds. The molecule has 106 valence electrons. The first-order valence-corrected chi connectivity index (χ1v) is 8.71. The van der Waals surface area contributed by atoms with Gasteiger partial charge in [-0.1, -0.05) is 13.8 Å². The molecule has 1 saturated carbocycles. The van der Waals surface area contributed by atoms with Crippen molar-refractivity contribution in [3.8, 4) is 0 Å². The zero-order valence-corrected chi connectivity index (χ0v) is 13.0. The summed E-state index contributed by atoms with van der Waals surface area (Å²) >= 11 is 2.14. The summed E-state index contributed by atoms with van der Waals surface area (Å²) in [5.74, 6) is 1.27. The van der Waals surface area contributed by atoms with Crippen molar-refractivity contribution >= 4 is 11.8 Å². The summed E-state index contributed by atoms with van der Waals surface area (Å²) < 4.78 is 5.92. The van der Waals surface area contributed by atoms with Crippen LogP contribution in [-0.4, -0.2) is 35.3 Å². The van der Waals surface area contributed by atoms with Crippen molar-refractivity contribution in [2.24, 2.45) is 0 Å². The Morgan fingerprint density at radius 3 is 2.78 bits per heavy atom. The second-order valence-corrected chi connectivity index (χ2v) is 7.67. The third-order valence-electron chi connectivity index (χ3n) is 4.60. The molecule has 1 N–H and O–H groups in total. The maximum absolute atomic E-state index is 5.92. The van der Waals surface area contributed by atoms with Crippen molar-refractivity contribution in [3.05, 3.63) is 0 Å². The summed E-state index contributed by atoms with van der Waals surface area (Å²) in [5.41, 5.74) is 0.117. The molecule has 2 fully saturated rings. The van der Waals surface area contributed by atoms with Crippen LogP contribution >= 0.6 is 11.8 Å². The standard InChI is InChI=1S/C15H29NOS/c1-4-15(3)11-13(8-9-17-15)16-12-6-7-14(10-12)18-5-2/h12-14,16H,4-11H2,1-3H3. The number of thioether (sulfide) groups is 1. The molecule has 4 unspecified atom stereocenters. The number of ether oxygens (including phenoxy) is 1. The Bertz CT molecular complexity index is 261. The predicted molar refractivity (Wildman–Crippen MR) is 80.4 cm³/mol. The molecular formula is C15H29NOS. The largest absolute Gasteiger partial charge is 0.375 e. The van der Waals surface area contributed by atoms with Crippen molar-refractivity contribution in [2.45, 2.75) is 82.2 Å². The lowest BCUT2D eigenvalue weighted by molar-refractivity contribution is -0.0790. The topological polar surface area (TPSA) is 21.3 Å². The summed E-state index contributed by atoms with van der Waals surface area (Å²) in [5, 5.41) is 4.81. The highest BCUT2D eigenvalue weighted by Gasteiger charge is 2.34. The van der Waals surface area contributed by atoms with E-state index in [9.17, 15) is 0 Å². The summed E-state index contributed by atoms with van der Waals surface area (Å²) in [4.78, 5) is 0. The van der Waals surface area contributed by atoms with Crippen LogP contribution in [0.5, 0.6) is 0 Å². The molecule has 0 aromatic carbocycles. The zero-order valence-electron chi connectivity index (χ0n) is 12.2. The van der Waals surface area contributed by atoms with Crippen LogP contribution in [0.25, 0.3) is 0 Å². The van der Waals surface area contributed by atoms with Crippen molar-refractivity contribution in [1.82, 2.24) is 5.32 Å². The van der Waals surface area contributed by atoms with Crippen LogP contribution in [0, 0.1) is 0 Å². The Morgan fingerprint density at radius 1 is 1.22 bits per heavy atom. The van der Waals surface area contributed by atoms with E-state index in [1.54, 1.807) is 0 Å². The van der Waals surface area contributed by atoms with Crippen molar-refractivity contribution in [1.29, 1.82) is 0 Å². The molecule has 4 atom stereocenters. The predicted octanol–water partition coefficient (Wildman–Crippen LogP) is 3.60. The van der Waals surface area contributed by atoms with Gasteiger partial charge in [0.05, 0.1) is 5.60 Å². The first-order chi connectivity index (χ1) is 8.65. The molecule has 2 rings (SSSR count). The van der Waals surface area contributed by atoms with Crippen LogP contribution in [0.1, 0.15) is 59.3 Å². The Kier molecular flexibility index (Phi) is 5.40. The van der Waals surface area contributed by atoms with Crippen LogP contribution in [-0.2, 0) is 4.74 Å². The van der Waals surface area contributed by atoms with Gasteiger partial charge in [0, 0.05) is 23.9 Å². The van der Waals surface area contributed by atoms with Gasteiger partial charge in [0.15, 0.2) is 0 Å². The smallest absolute Gasteiger partial charge is 0.0666 e. The van der Waals surface area contributed by atoms with Crippen molar-refractivity contribution in [3.63, 3.8) is 0 Å². The SMILES string of the molecule is CCSC1CCC(NC2CCOC(C)(CC)C2)C1. The van der Waals surface area contributed by atoms with Gasteiger partial charge in [-0.25, -0.2) is 0 Å². The molecule has 1 heterocycles. The molecule has 18 heavy (non-hydrogen) atoms. The first kappa shape index (κ1) is 14.7. The lowest BCUT2D eigenvalue weighted by atomic mass is 9.89. The van der Waals surface area contributed by atoms with Gasteiger partial charge in [-0.3, -0.25) is 0 Å². The minimum Gasteiger partial charge on any atom is -0.375 e. The highest BCUT2D eigenvalue weighted by Crippen LogP contribution is 2.32. The number of hydrogen-bond donors (Lipinski definition) is 1. The molecule has 1 saturated heterocycles. The maximum atomic E-state index is 5.92. The van der Waals surface area contributed by atoms with Crippen LogP contribution < -0.4 is 5.32 Å². The third-order valence-corrected chi connectivity index (χ3v) is 5.83. The quantitative estimate of drug-likeness (QED) is 0.825. The average Bonchev–Trinajstić information content (AvgIpc) is 2.77. The van der Waals surface area contributed by atoms with Gasteiger partial charge in [0.2, 0.25) is 0 Å². The number of nitrogens with one attached hydrogen (secondary N) is 1. The molecule has 1 aliphatic heterocycles. The molecule has 0 aromatic heterocycles. The Hall–Kier alpha value is 0.270. The van der Waals surface area contributed by atoms with E-state index in [1.165, 1.54) is 37.9 Å². The first-order valence-electron chi connectivity index (χ1n) is 7.67. The normalized spacial score (nSPS) is 41.2. The fraction of sp³-hybridized carbons (Fsp3) is 1.00. The molecule has 2 aliphatic rings. The van der Waals surface area contributed by atoms with Gasteiger partial charge >= 0.3 is 0 Å². The number of hydrogen-bond acceptors (Lipinski definition) is 3. The van der Waals surface area contributed by atoms with Gasteiger partial charge in [-0.05, 0) is 51.2 Å². The van der Waals surface area contributed by atoms with Gasteiger partial charge in [-0.15, -0.1) is 0 Å². The van der Waals surface area contributed by atoms with E-state index in [0.717, 1.165) is 24.3 Å².